The molecule has 1 aliphatic heterocycles. The number of aromatic nitrogens is 4. The Morgan fingerprint density at radius 3 is 2.68 bits per heavy atom. The molecule has 0 spiro atoms. The van der Waals surface area contributed by atoms with Crippen molar-refractivity contribution in [3.05, 3.63) is 60.6 Å². The molecule has 0 aliphatic carbocycles. The minimum Gasteiger partial charge on any atom is -0.495 e. The van der Waals surface area contributed by atoms with Crippen molar-refractivity contribution in [2.24, 2.45) is 0 Å². The molecule has 1 fully saturated rings. The average Bonchev–Trinajstić information content (AvgIpc) is 3.33. The van der Waals surface area contributed by atoms with Gasteiger partial charge in [0, 0.05) is 49.8 Å². The molecule has 0 atom stereocenters. The van der Waals surface area contributed by atoms with Crippen LogP contribution in [0.5, 0.6) is 5.75 Å². The summed E-state index contributed by atoms with van der Waals surface area (Å²) in [6.07, 6.45) is 5.57. The van der Waals surface area contributed by atoms with Gasteiger partial charge in [0.05, 0.1) is 36.7 Å². The maximum Gasteiger partial charge on any atom is 0.236 e. The van der Waals surface area contributed by atoms with Crippen LogP contribution in [-0.2, 0) is 4.79 Å². The number of piperazine rings is 1. The Labute approximate surface area is 216 Å². The highest BCUT2D eigenvalue weighted by atomic mass is 16.5. The fourth-order valence-electron chi connectivity index (χ4n) is 4.59. The lowest BCUT2D eigenvalue weighted by atomic mass is 10.1. The number of benzene rings is 1. The van der Waals surface area contributed by atoms with Crippen LogP contribution in [0.2, 0.25) is 0 Å². The van der Waals surface area contributed by atoms with E-state index < -0.39 is 0 Å². The predicted octanol–water partition coefficient (Wildman–Crippen LogP) is 3.06. The zero-order valence-corrected chi connectivity index (χ0v) is 21.7. The number of hydrogen-bond acceptors (Lipinski definition) is 8. The van der Waals surface area contributed by atoms with Crippen LogP contribution < -0.4 is 15.0 Å². The second kappa shape index (κ2) is 10.4. The van der Waals surface area contributed by atoms with E-state index in [1.165, 1.54) is 0 Å². The third-order valence-electron chi connectivity index (χ3n) is 6.53. The topological polar surface area (TPSA) is 91.1 Å². The first-order valence-electron chi connectivity index (χ1n) is 12.3. The van der Waals surface area contributed by atoms with E-state index in [2.05, 4.69) is 20.3 Å². The van der Waals surface area contributed by atoms with Crippen molar-refractivity contribution < 1.29 is 9.53 Å². The van der Waals surface area contributed by atoms with Crippen molar-refractivity contribution in [1.29, 1.82) is 0 Å². The molecule has 0 saturated carbocycles. The number of rotatable bonds is 7. The van der Waals surface area contributed by atoms with Gasteiger partial charge in [-0.05, 0) is 56.9 Å². The molecule has 37 heavy (non-hydrogen) atoms. The molecule has 3 aromatic heterocycles. The number of carbonyl (C=O) groups excluding carboxylic acids is 1. The van der Waals surface area contributed by atoms with Crippen molar-refractivity contribution >= 4 is 28.7 Å². The summed E-state index contributed by atoms with van der Waals surface area (Å²) in [7, 11) is 5.48. The molecule has 5 rings (SSSR count). The van der Waals surface area contributed by atoms with Gasteiger partial charge in [-0.25, -0.2) is 14.5 Å². The lowest BCUT2D eigenvalue weighted by Crippen LogP contribution is -2.50. The first-order chi connectivity index (χ1) is 17.9. The van der Waals surface area contributed by atoms with Gasteiger partial charge in [-0.3, -0.25) is 4.79 Å². The number of nitrogens with zero attached hydrogens (tertiary/aromatic N) is 7. The summed E-state index contributed by atoms with van der Waals surface area (Å²) in [6.45, 7) is 5.37. The molecule has 0 bridgehead atoms. The van der Waals surface area contributed by atoms with Crippen LogP contribution in [0.15, 0.2) is 55.0 Å². The molecular formula is C27H32N8O2. The van der Waals surface area contributed by atoms with Gasteiger partial charge in [0.1, 0.15) is 5.75 Å². The van der Waals surface area contributed by atoms with Gasteiger partial charge < -0.3 is 24.8 Å². The number of nitrogens with one attached hydrogen (secondary N) is 1. The zero-order chi connectivity index (χ0) is 25.9. The molecule has 192 valence electrons. The SMILES string of the molecule is COc1ccc(N2CCN(C(=O)CN(C)C)CC2)cc1Nc1ncc(C)c(-c2cnn3ccccc23)n1. The number of pyridine rings is 1. The van der Waals surface area contributed by atoms with E-state index in [0.717, 1.165) is 46.8 Å². The van der Waals surface area contributed by atoms with Crippen molar-refractivity contribution in [2.75, 3.05) is 64.1 Å². The summed E-state index contributed by atoms with van der Waals surface area (Å²) in [6, 6.07) is 12.0. The molecule has 1 N–H and O–H groups in total. The maximum absolute atomic E-state index is 12.4. The fourth-order valence-corrected chi connectivity index (χ4v) is 4.59. The van der Waals surface area contributed by atoms with Crippen LogP contribution in [0.4, 0.5) is 17.3 Å². The number of methoxy groups -OCH3 is 1. The number of aryl methyl sites for hydroxylation is 1. The van der Waals surface area contributed by atoms with Gasteiger partial charge >= 0.3 is 0 Å². The Morgan fingerprint density at radius 2 is 1.92 bits per heavy atom. The lowest BCUT2D eigenvalue weighted by molar-refractivity contribution is -0.132. The van der Waals surface area contributed by atoms with E-state index in [4.69, 9.17) is 9.72 Å². The molecule has 4 heterocycles. The van der Waals surface area contributed by atoms with Crippen molar-refractivity contribution in [1.82, 2.24) is 29.4 Å². The number of fused-ring (bicyclic) bond motifs is 1. The third kappa shape index (κ3) is 5.19. The molecular weight excluding hydrogens is 468 g/mol. The van der Waals surface area contributed by atoms with Crippen LogP contribution in [0.25, 0.3) is 16.8 Å². The van der Waals surface area contributed by atoms with Crippen LogP contribution >= 0.6 is 0 Å². The highest BCUT2D eigenvalue weighted by Gasteiger charge is 2.22. The van der Waals surface area contributed by atoms with Crippen LogP contribution in [0.1, 0.15) is 5.56 Å². The van der Waals surface area contributed by atoms with Crippen LogP contribution in [0.3, 0.4) is 0 Å². The normalized spacial score (nSPS) is 13.9. The molecule has 1 aromatic carbocycles. The van der Waals surface area contributed by atoms with E-state index in [1.54, 1.807) is 7.11 Å². The lowest BCUT2D eigenvalue weighted by Gasteiger charge is -2.36. The van der Waals surface area contributed by atoms with Crippen molar-refractivity contribution in [3.8, 4) is 17.0 Å². The molecule has 10 heteroatoms. The highest BCUT2D eigenvalue weighted by molar-refractivity contribution is 5.80. The number of likely N-dealkylation sites (N-methyl/N-ethyl adjacent to an activating group) is 1. The van der Waals surface area contributed by atoms with Crippen LogP contribution in [0, 0.1) is 6.92 Å². The zero-order valence-electron chi connectivity index (χ0n) is 21.7. The molecule has 1 amide bonds. The second-order valence-corrected chi connectivity index (χ2v) is 9.43. The summed E-state index contributed by atoms with van der Waals surface area (Å²) < 4.78 is 7.46. The Hall–Kier alpha value is -4.18. The number of ether oxygens (including phenoxy) is 1. The first kappa shape index (κ1) is 24.5. The summed E-state index contributed by atoms with van der Waals surface area (Å²) in [5.41, 5.74) is 5.56. The van der Waals surface area contributed by atoms with Crippen LogP contribution in [-0.4, -0.2) is 89.2 Å². The molecule has 0 unspecified atom stereocenters. The van der Waals surface area contributed by atoms with E-state index in [-0.39, 0.29) is 5.91 Å². The summed E-state index contributed by atoms with van der Waals surface area (Å²) in [5, 5.41) is 7.81. The molecule has 0 radical (unpaired) electrons. The number of anilines is 3. The van der Waals surface area contributed by atoms with Gasteiger partial charge in [-0.1, -0.05) is 6.07 Å². The maximum atomic E-state index is 12.4. The monoisotopic (exact) mass is 500 g/mol. The molecule has 1 aliphatic rings. The Morgan fingerprint density at radius 1 is 1.11 bits per heavy atom. The summed E-state index contributed by atoms with van der Waals surface area (Å²) >= 11 is 0. The van der Waals surface area contributed by atoms with E-state index in [9.17, 15) is 4.79 Å². The molecule has 4 aromatic rings. The van der Waals surface area contributed by atoms with Gasteiger partial charge in [0.15, 0.2) is 0 Å². The third-order valence-corrected chi connectivity index (χ3v) is 6.53. The van der Waals surface area contributed by atoms with E-state index in [1.807, 2.05) is 90.3 Å². The number of amides is 1. The Bertz CT molecular complexity index is 1410. The van der Waals surface area contributed by atoms with Crippen molar-refractivity contribution in [3.63, 3.8) is 0 Å². The van der Waals surface area contributed by atoms with Gasteiger partial charge in [-0.15, -0.1) is 0 Å². The Kier molecular flexibility index (Phi) is 6.91. The van der Waals surface area contributed by atoms with Gasteiger partial charge in [-0.2, -0.15) is 5.10 Å². The smallest absolute Gasteiger partial charge is 0.236 e. The van der Waals surface area contributed by atoms with E-state index in [0.29, 0.717) is 31.3 Å². The highest BCUT2D eigenvalue weighted by Crippen LogP contribution is 2.33. The number of hydrogen-bond donors (Lipinski definition) is 1. The standard InChI is InChI=1S/C27H32N8O2/c1-19-16-28-27(31-26(19)21-17-29-35-10-6-5-7-23(21)35)30-22-15-20(8-9-24(22)37-4)33-11-13-34(14-12-33)25(36)18-32(2)3/h5-10,15-17H,11-14,18H2,1-4H3,(H,28,30,31). The van der Waals surface area contributed by atoms with Gasteiger partial charge in [0.25, 0.3) is 0 Å². The first-order valence-corrected chi connectivity index (χ1v) is 12.3. The molecule has 10 nitrogen and oxygen atoms in total. The number of carbonyl (C=O) groups is 1. The van der Waals surface area contributed by atoms with Crippen molar-refractivity contribution in [2.45, 2.75) is 6.92 Å². The minimum atomic E-state index is 0.167. The fraction of sp³-hybridized carbons (Fsp3) is 0.333. The van der Waals surface area contributed by atoms with E-state index >= 15 is 0 Å². The quantitative estimate of drug-likeness (QED) is 0.414. The second-order valence-electron chi connectivity index (χ2n) is 9.43. The molecule has 1 saturated heterocycles. The predicted molar refractivity (Wildman–Crippen MR) is 145 cm³/mol. The van der Waals surface area contributed by atoms with Gasteiger partial charge in [0.2, 0.25) is 11.9 Å². The Balaban J connectivity index is 1.37. The minimum absolute atomic E-state index is 0.167. The average molecular weight is 501 g/mol. The summed E-state index contributed by atoms with van der Waals surface area (Å²) in [5.74, 6) is 1.34. The summed E-state index contributed by atoms with van der Waals surface area (Å²) in [4.78, 5) is 27.9. The largest absolute Gasteiger partial charge is 0.495 e.